The Bertz CT molecular complexity index is 1370. The van der Waals surface area contributed by atoms with E-state index in [2.05, 4.69) is 28.2 Å². The summed E-state index contributed by atoms with van der Waals surface area (Å²) in [5.41, 5.74) is -0.789. The Kier molecular flexibility index (Phi) is 11.6. The number of hydrogen-bond donors (Lipinski definition) is 2. The van der Waals surface area contributed by atoms with Crippen LogP contribution in [-0.2, 0) is 33.4 Å². The van der Waals surface area contributed by atoms with Crippen molar-refractivity contribution in [3.05, 3.63) is 58.6 Å². The van der Waals surface area contributed by atoms with Gasteiger partial charge in [-0.1, -0.05) is 85.1 Å². The first-order chi connectivity index (χ1) is 22.7. The quantitative estimate of drug-likeness (QED) is 0.214. The van der Waals surface area contributed by atoms with E-state index < -0.39 is 59.6 Å². The second-order valence-electron chi connectivity index (χ2n) is 12.7. The number of aliphatic hydroxyl groups is 1. The Hall–Kier alpha value is -3.06. The third kappa shape index (κ3) is 6.79. The molecule has 2 saturated heterocycles. The molecule has 1 aromatic carbocycles. The van der Waals surface area contributed by atoms with Gasteiger partial charge in [0, 0.05) is 31.1 Å². The predicted molar refractivity (Wildman–Crippen MR) is 177 cm³/mol. The van der Waals surface area contributed by atoms with Crippen LogP contribution in [0, 0.1) is 11.8 Å². The predicted octanol–water partition coefficient (Wildman–Crippen LogP) is 3.42. The Morgan fingerprint density at radius 1 is 1.09 bits per heavy atom. The number of amides is 3. The first-order valence-corrected chi connectivity index (χ1v) is 17.5. The largest absolute Gasteiger partial charge is 0.455 e. The monoisotopic (exact) mass is 715 g/mol. The molecule has 1 aromatic rings. The SMILES string of the molecule is CCCCCN1C/C=C\CCC(=O)N[C@H](COC)[C@@H](c2ccccc2)OC(=O)[C@@H]2[C@H]3O[C@@]4(C=C3Br)[C@H](C1=O)N([C@@H](CC)CO)C(=O)[C@@H]24. The lowest BCUT2D eigenvalue weighted by Gasteiger charge is -2.38. The van der Waals surface area contributed by atoms with Gasteiger partial charge in [0.15, 0.2) is 0 Å². The Morgan fingerprint density at radius 2 is 1.85 bits per heavy atom. The minimum absolute atomic E-state index is 0.0701. The van der Waals surface area contributed by atoms with Crippen LogP contribution in [-0.4, -0.2) is 102 Å². The second kappa shape index (κ2) is 15.4. The number of fused-ring (bicyclic) bond motifs is 2. The number of esters is 1. The molecule has 5 bridgehead atoms. The van der Waals surface area contributed by atoms with Gasteiger partial charge >= 0.3 is 5.97 Å². The molecule has 1 spiro atoms. The van der Waals surface area contributed by atoms with Crippen LogP contribution in [0.3, 0.4) is 0 Å². The zero-order valence-electron chi connectivity index (χ0n) is 27.3. The number of allylic oxidation sites excluding steroid dienone is 1. The van der Waals surface area contributed by atoms with E-state index in [-0.39, 0.29) is 38.0 Å². The normalized spacial score (nSPS) is 32.6. The summed E-state index contributed by atoms with van der Waals surface area (Å²) in [4.78, 5) is 60.0. The van der Waals surface area contributed by atoms with Crippen LogP contribution >= 0.6 is 15.9 Å². The number of carbonyl (C=O) groups excluding carboxylic acids is 4. The average Bonchev–Trinajstić information content (AvgIpc) is 3.66. The summed E-state index contributed by atoms with van der Waals surface area (Å²) in [6.07, 6.45) is 7.44. The van der Waals surface area contributed by atoms with Crippen molar-refractivity contribution in [1.82, 2.24) is 15.1 Å². The van der Waals surface area contributed by atoms with Crippen molar-refractivity contribution in [3.63, 3.8) is 0 Å². The molecule has 0 saturated carbocycles. The van der Waals surface area contributed by atoms with Crippen LogP contribution in [0.5, 0.6) is 0 Å². The van der Waals surface area contributed by atoms with Gasteiger partial charge < -0.3 is 34.4 Å². The highest BCUT2D eigenvalue weighted by Gasteiger charge is 2.75. The van der Waals surface area contributed by atoms with E-state index in [1.54, 1.807) is 11.0 Å². The van der Waals surface area contributed by atoms with Gasteiger partial charge in [-0.25, -0.2) is 0 Å². The van der Waals surface area contributed by atoms with E-state index in [0.717, 1.165) is 19.3 Å². The van der Waals surface area contributed by atoms with Crippen molar-refractivity contribution in [3.8, 4) is 0 Å². The van der Waals surface area contributed by atoms with Crippen LogP contribution in [0.25, 0.3) is 0 Å². The number of likely N-dealkylation sites (tertiary alicyclic amines) is 1. The first-order valence-electron chi connectivity index (χ1n) is 16.7. The van der Waals surface area contributed by atoms with Crippen molar-refractivity contribution in [1.29, 1.82) is 0 Å². The first kappa shape index (κ1) is 35.3. The fraction of sp³-hybridized carbons (Fsp3) is 0.600. The second-order valence-corrected chi connectivity index (χ2v) is 13.6. The highest BCUT2D eigenvalue weighted by molar-refractivity contribution is 9.11. The molecule has 4 heterocycles. The van der Waals surface area contributed by atoms with E-state index in [1.165, 1.54) is 12.0 Å². The molecule has 12 heteroatoms. The number of aliphatic hydroxyl groups excluding tert-OH is 1. The standard InChI is InChI=1S/C35H46BrN3O8/c1-4-6-12-17-38-18-13-8-11-16-26(41)37-25(21-45-3)29(22-14-9-7-10-15-22)46-34(44)27-28-32(42)39(23(5-2)20-40)31(33(38)43)35(28)19-24(36)30(27)47-35/h7-10,13-15,19,23,25,27-31,40H,4-6,11-12,16-18,20-21H2,1-3H3,(H,37,41)/b13-8-/t23-,25+,27-,28+,29+,30-,31-,35+/m0/s1. The van der Waals surface area contributed by atoms with E-state index in [9.17, 15) is 24.3 Å². The number of cyclic esters (lactones) is 1. The fourth-order valence-corrected chi connectivity index (χ4v) is 8.19. The summed E-state index contributed by atoms with van der Waals surface area (Å²) in [6, 6.07) is 6.63. The number of hydrogen-bond acceptors (Lipinski definition) is 8. The van der Waals surface area contributed by atoms with E-state index in [1.807, 2.05) is 49.4 Å². The Balaban J connectivity index is 1.62. The van der Waals surface area contributed by atoms with Crippen molar-refractivity contribution in [2.45, 2.75) is 88.3 Å². The zero-order chi connectivity index (χ0) is 33.7. The summed E-state index contributed by atoms with van der Waals surface area (Å²) in [7, 11) is 1.51. The molecule has 5 rings (SSSR count). The van der Waals surface area contributed by atoms with E-state index in [4.69, 9.17) is 14.2 Å². The molecule has 0 aromatic heterocycles. The minimum Gasteiger partial charge on any atom is -0.455 e. The topological polar surface area (TPSA) is 135 Å². The Morgan fingerprint density at radius 3 is 2.53 bits per heavy atom. The maximum Gasteiger partial charge on any atom is 0.313 e. The number of halogens is 1. The molecule has 0 aliphatic carbocycles. The molecule has 0 radical (unpaired) electrons. The van der Waals surface area contributed by atoms with Gasteiger partial charge in [0.05, 0.1) is 31.2 Å². The minimum atomic E-state index is -1.44. The van der Waals surface area contributed by atoms with Crippen molar-refractivity contribution in [2.75, 3.05) is 33.4 Å². The maximum atomic E-state index is 14.7. The van der Waals surface area contributed by atoms with Crippen LogP contribution in [0.1, 0.15) is 64.0 Å². The van der Waals surface area contributed by atoms with Gasteiger partial charge in [0.25, 0.3) is 0 Å². The number of ether oxygens (including phenoxy) is 3. The average molecular weight is 717 g/mol. The lowest BCUT2D eigenvalue weighted by atomic mass is 9.74. The summed E-state index contributed by atoms with van der Waals surface area (Å²) in [5.74, 6) is -3.77. The zero-order valence-corrected chi connectivity index (χ0v) is 28.9. The van der Waals surface area contributed by atoms with Gasteiger partial charge in [-0.15, -0.1) is 0 Å². The molecule has 4 aliphatic rings. The van der Waals surface area contributed by atoms with Gasteiger partial charge in [-0.2, -0.15) is 0 Å². The molecule has 8 atom stereocenters. The molecule has 11 nitrogen and oxygen atoms in total. The number of methoxy groups -OCH3 is 1. The number of nitrogens with one attached hydrogen (secondary N) is 1. The summed E-state index contributed by atoms with van der Waals surface area (Å²) in [6.45, 7) is 4.41. The molecule has 2 N–H and O–H groups in total. The maximum absolute atomic E-state index is 14.7. The number of benzene rings is 1. The van der Waals surface area contributed by atoms with Crippen LogP contribution in [0.2, 0.25) is 0 Å². The van der Waals surface area contributed by atoms with Gasteiger partial charge in [-0.05, 0) is 30.9 Å². The smallest absolute Gasteiger partial charge is 0.313 e. The van der Waals surface area contributed by atoms with E-state index in [0.29, 0.717) is 29.4 Å². The highest BCUT2D eigenvalue weighted by atomic mass is 79.9. The Labute approximate surface area is 284 Å². The molecule has 47 heavy (non-hydrogen) atoms. The molecule has 2 fully saturated rings. The molecule has 0 unspecified atom stereocenters. The molecular weight excluding hydrogens is 670 g/mol. The van der Waals surface area contributed by atoms with Crippen LogP contribution in [0.4, 0.5) is 0 Å². The summed E-state index contributed by atoms with van der Waals surface area (Å²) < 4.78 is 18.9. The lowest BCUT2D eigenvalue weighted by Crippen LogP contribution is -2.58. The van der Waals surface area contributed by atoms with E-state index >= 15 is 0 Å². The molecular formula is C35H46BrN3O8. The molecule has 256 valence electrons. The highest BCUT2D eigenvalue weighted by Crippen LogP contribution is 2.59. The van der Waals surface area contributed by atoms with Crippen molar-refractivity contribution >= 4 is 39.6 Å². The van der Waals surface area contributed by atoms with Gasteiger partial charge in [-0.3, -0.25) is 19.2 Å². The lowest BCUT2D eigenvalue weighted by molar-refractivity contribution is -0.163. The fourth-order valence-electron chi connectivity index (χ4n) is 7.46. The van der Waals surface area contributed by atoms with Gasteiger partial charge in [0.2, 0.25) is 17.7 Å². The third-order valence-electron chi connectivity index (χ3n) is 9.75. The summed E-state index contributed by atoms with van der Waals surface area (Å²) in [5, 5.41) is 13.4. The number of unbranched alkanes of at least 4 members (excludes halogenated alkanes) is 2. The van der Waals surface area contributed by atoms with Crippen LogP contribution in [0.15, 0.2) is 53.0 Å². The van der Waals surface area contributed by atoms with Crippen molar-refractivity contribution in [2.24, 2.45) is 11.8 Å². The number of nitrogens with zero attached hydrogens (tertiary/aromatic N) is 2. The molecule has 3 amide bonds. The third-order valence-corrected chi connectivity index (χ3v) is 10.4. The number of carbonyl (C=O) groups is 4. The van der Waals surface area contributed by atoms with Gasteiger partial charge in [0.1, 0.15) is 29.8 Å². The summed E-state index contributed by atoms with van der Waals surface area (Å²) >= 11 is 3.60. The molecule has 4 aliphatic heterocycles. The number of rotatable bonds is 10. The van der Waals surface area contributed by atoms with Crippen molar-refractivity contribution < 1.29 is 38.5 Å². The van der Waals surface area contributed by atoms with Crippen LogP contribution < -0.4 is 5.32 Å².